The van der Waals surface area contributed by atoms with Crippen LogP contribution in [0.5, 0.6) is 5.75 Å². The van der Waals surface area contributed by atoms with Crippen molar-refractivity contribution in [3.63, 3.8) is 0 Å². The van der Waals surface area contributed by atoms with Crippen LogP contribution in [-0.2, 0) is 10.0 Å². The Morgan fingerprint density at radius 2 is 1.85 bits per heavy atom. The summed E-state index contributed by atoms with van der Waals surface area (Å²) >= 11 is 1.99. The summed E-state index contributed by atoms with van der Waals surface area (Å²) in [6.45, 7) is 2.41. The van der Waals surface area contributed by atoms with Gasteiger partial charge in [0.1, 0.15) is 5.75 Å². The van der Waals surface area contributed by atoms with Crippen LogP contribution in [0.15, 0.2) is 23.1 Å². The summed E-state index contributed by atoms with van der Waals surface area (Å²) in [6.07, 6.45) is 2.36. The molecule has 7 nitrogen and oxygen atoms in total. The van der Waals surface area contributed by atoms with Crippen molar-refractivity contribution in [3.8, 4) is 5.75 Å². The normalized spacial score (nSPS) is 20.8. The van der Waals surface area contributed by atoms with E-state index in [1.807, 2.05) is 11.8 Å². The van der Waals surface area contributed by atoms with Crippen molar-refractivity contribution < 1.29 is 17.9 Å². The number of thioether (sulfide) groups is 1. The minimum absolute atomic E-state index is 0.0758. The Morgan fingerprint density at radius 3 is 2.42 bits per heavy atom. The predicted molar refractivity (Wildman–Crippen MR) is 102 cm³/mol. The van der Waals surface area contributed by atoms with Crippen LogP contribution in [0.25, 0.3) is 0 Å². The summed E-state index contributed by atoms with van der Waals surface area (Å²) in [4.78, 5) is 14.1. The van der Waals surface area contributed by atoms with Crippen LogP contribution < -0.4 is 10.5 Å². The molecule has 0 radical (unpaired) electrons. The van der Waals surface area contributed by atoms with Crippen LogP contribution in [0, 0.1) is 0 Å². The number of methoxy groups -OCH3 is 1. The minimum Gasteiger partial charge on any atom is -0.496 e. The molecule has 9 heteroatoms. The van der Waals surface area contributed by atoms with Crippen molar-refractivity contribution in [3.05, 3.63) is 23.8 Å². The molecule has 0 unspecified atom stereocenters. The molecule has 2 heterocycles. The molecule has 2 fully saturated rings. The number of piperazine rings is 1. The van der Waals surface area contributed by atoms with Gasteiger partial charge in [-0.25, -0.2) is 8.42 Å². The topological polar surface area (TPSA) is 92.9 Å². The van der Waals surface area contributed by atoms with Crippen LogP contribution in [0.4, 0.5) is 0 Å². The molecule has 2 N–H and O–H groups in total. The van der Waals surface area contributed by atoms with Gasteiger partial charge < -0.3 is 10.5 Å². The Morgan fingerprint density at radius 1 is 1.19 bits per heavy atom. The highest BCUT2D eigenvalue weighted by atomic mass is 32.2. The molecule has 1 amide bonds. The van der Waals surface area contributed by atoms with Gasteiger partial charge >= 0.3 is 0 Å². The van der Waals surface area contributed by atoms with Gasteiger partial charge in [-0.1, -0.05) is 0 Å². The fourth-order valence-corrected chi connectivity index (χ4v) is 6.08. The van der Waals surface area contributed by atoms with Gasteiger partial charge in [0.2, 0.25) is 10.0 Å². The van der Waals surface area contributed by atoms with Gasteiger partial charge in [0.05, 0.1) is 17.6 Å². The summed E-state index contributed by atoms with van der Waals surface area (Å²) < 4.78 is 32.5. The number of benzene rings is 1. The molecule has 144 valence electrons. The monoisotopic (exact) mass is 399 g/mol. The zero-order chi connectivity index (χ0) is 18.7. The zero-order valence-electron chi connectivity index (χ0n) is 14.9. The van der Waals surface area contributed by atoms with Crippen molar-refractivity contribution >= 4 is 27.7 Å². The Balaban J connectivity index is 1.73. The van der Waals surface area contributed by atoms with Crippen molar-refractivity contribution in [2.75, 3.05) is 44.8 Å². The van der Waals surface area contributed by atoms with Gasteiger partial charge in [0.25, 0.3) is 5.91 Å². The average Bonchev–Trinajstić information content (AvgIpc) is 2.68. The van der Waals surface area contributed by atoms with Gasteiger partial charge in [0, 0.05) is 32.2 Å². The van der Waals surface area contributed by atoms with Gasteiger partial charge in [-0.15, -0.1) is 0 Å². The Kier molecular flexibility index (Phi) is 6.11. The number of hydrogen-bond donors (Lipinski definition) is 1. The number of amides is 1. The van der Waals surface area contributed by atoms with Gasteiger partial charge in [-0.05, 0) is 42.5 Å². The van der Waals surface area contributed by atoms with E-state index in [0.29, 0.717) is 19.1 Å². The average molecular weight is 400 g/mol. The van der Waals surface area contributed by atoms with Gasteiger partial charge in [-0.3, -0.25) is 9.69 Å². The van der Waals surface area contributed by atoms with E-state index in [1.165, 1.54) is 54.0 Å². The third-order valence-corrected chi connectivity index (χ3v) is 8.00. The van der Waals surface area contributed by atoms with E-state index < -0.39 is 15.9 Å². The van der Waals surface area contributed by atoms with Crippen molar-refractivity contribution in [2.24, 2.45) is 5.73 Å². The second-order valence-electron chi connectivity index (χ2n) is 6.51. The standard InChI is InChI=1S/C17H25N3O4S2/c1-24-16-3-2-14(12-15(16)17(18)21)26(22,23)20-8-6-19(7-9-20)13-4-10-25-11-5-13/h2-3,12-13H,4-11H2,1H3,(H2,18,21). The molecule has 0 atom stereocenters. The SMILES string of the molecule is COc1ccc(S(=O)(=O)N2CCN(C3CCSCC3)CC2)cc1C(N)=O. The fraction of sp³-hybridized carbons (Fsp3) is 0.588. The quantitative estimate of drug-likeness (QED) is 0.794. The summed E-state index contributed by atoms with van der Waals surface area (Å²) in [5.74, 6) is 1.94. The van der Waals surface area contributed by atoms with Crippen LogP contribution in [-0.4, -0.2) is 74.4 Å². The highest BCUT2D eigenvalue weighted by Gasteiger charge is 2.32. The molecule has 0 aliphatic carbocycles. The molecule has 26 heavy (non-hydrogen) atoms. The molecule has 0 bridgehead atoms. The lowest BCUT2D eigenvalue weighted by Gasteiger charge is -2.40. The largest absolute Gasteiger partial charge is 0.496 e. The molecule has 2 saturated heterocycles. The highest BCUT2D eigenvalue weighted by molar-refractivity contribution is 7.99. The summed E-state index contributed by atoms with van der Waals surface area (Å²) in [5.41, 5.74) is 5.42. The maximum atomic E-state index is 13.0. The first-order valence-corrected chi connectivity index (χ1v) is 11.3. The number of nitrogens with two attached hydrogens (primary N) is 1. The lowest BCUT2D eigenvalue weighted by atomic mass is 10.1. The molecule has 0 saturated carbocycles. The van der Waals surface area contributed by atoms with E-state index in [4.69, 9.17) is 10.5 Å². The first-order valence-electron chi connectivity index (χ1n) is 8.73. The van der Waals surface area contributed by atoms with Crippen LogP contribution >= 0.6 is 11.8 Å². The third-order valence-electron chi connectivity index (χ3n) is 5.05. The lowest BCUT2D eigenvalue weighted by molar-refractivity contribution is 0.0997. The number of carbonyl (C=O) groups is 1. The van der Waals surface area contributed by atoms with E-state index in [0.717, 1.165) is 13.1 Å². The number of hydrogen-bond acceptors (Lipinski definition) is 6. The molecule has 0 spiro atoms. The molecule has 3 rings (SSSR count). The molecule has 0 aromatic heterocycles. The lowest BCUT2D eigenvalue weighted by Crippen LogP contribution is -2.52. The Bertz CT molecular complexity index is 755. The predicted octanol–water partition coefficient (Wildman–Crippen LogP) is 0.996. The van der Waals surface area contributed by atoms with E-state index in [2.05, 4.69) is 4.90 Å². The second-order valence-corrected chi connectivity index (χ2v) is 9.67. The van der Waals surface area contributed by atoms with Crippen LogP contribution in [0.1, 0.15) is 23.2 Å². The smallest absolute Gasteiger partial charge is 0.252 e. The van der Waals surface area contributed by atoms with Gasteiger partial charge in [0.15, 0.2) is 0 Å². The molecule has 2 aliphatic heterocycles. The minimum atomic E-state index is -3.66. The summed E-state index contributed by atoms with van der Waals surface area (Å²) in [5, 5.41) is 0. The third kappa shape index (κ3) is 4.00. The van der Waals surface area contributed by atoms with E-state index in [9.17, 15) is 13.2 Å². The van der Waals surface area contributed by atoms with E-state index in [1.54, 1.807) is 0 Å². The Hall–Kier alpha value is -1.29. The number of carbonyl (C=O) groups excluding carboxylic acids is 1. The molecule has 2 aliphatic rings. The second kappa shape index (κ2) is 8.16. The first kappa shape index (κ1) is 19.5. The van der Waals surface area contributed by atoms with Crippen molar-refractivity contribution in [1.82, 2.24) is 9.21 Å². The zero-order valence-corrected chi connectivity index (χ0v) is 16.5. The first-order chi connectivity index (χ1) is 12.4. The summed E-state index contributed by atoms with van der Waals surface area (Å²) in [6, 6.07) is 4.82. The number of rotatable bonds is 5. The highest BCUT2D eigenvalue weighted by Crippen LogP contribution is 2.27. The molecular formula is C17H25N3O4S2. The number of nitrogens with zero attached hydrogens (tertiary/aromatic N) is 2. The van der Waals surface area contributed by atoms with Crippen molar-refractivity contribution in [1.29, 1.82) is 0 Å². The van der Waals surface area contributed by atoms with Crippen molar-refractivity contribution in [2.45, 2.75) is 23.8 Å². The van der Waals surface area contributed by atoms with E-state index >= 15 is 0 Å². The molecular weight excluding hydrogens is 374 g/mol. The fourth-order valence-electron chi connectivity index (χ4n) is 3.55. The van der Waals surface area contributed by atoms with Crippen LogP contribution in [0.3, 0.4) is 0 Å². The Labute approximate surface area is 158 Å². The molecule has 1 aromatic rings. The number of sulfonamides is 1. The number of ether oxygens (including phenoxy) is 1. The maximum absolute atomic E-state index is 13.0. The number of primary amides is 1. The van der Waals surface area contributed by atoms with Gasteiger partial charge in [-0.2, -0.15) is 16.1 Å². The van der Waals surface area contributed by atoms with E-state index in [-0.39, 0.29) is 16.2 Å². The van der Waals surface area contributed by atoms with Crippen LogP contribution in [0.2, 0.25) is 0 Å². The molecule has 1 aromatic carbocycles. The summed E-state index contributed by atoms with van der Waals surface area (Å²) in [7, 11) is -2.24. The maximum Gasteiger partial charge on any atom is 0.252 e.